The molecular weight excluding hydrogens is 248 g/mol. The molecule has 5 nitrogen and oxygen atoms in total. The first kappa shape index (κ1) is 12.2. The molecule has 0 aromatic carbocycles. The van der Waals surface area contributed by atoms with Gasteiger partial charge in [-0.15, -0.1) is 5.10 Å². The molecule has 1 aromatic heterocycles. The van der Waals surface area contributed by atoms with Gasteiger partial charge in [0.15, 0.2) is 4.77 Å². The largest absolute Gasteiger partial charge is 0.369 e. The van der Waals surface area contributed by atoms with Gasteiger partial charge in [0.25, 0.3) is 0 Å². The van der Waals surface area contributed by atoms with E-state index < -0.39 is 0 Å². The zero-order valence-electron chi connectivity index (χ0n) is 11.1. The molecular formula is C12H20N4OS. The van der Waals surface area contributed by atoms with Crippen molar-refractivity contribution in [2.45, 2.75) is 51.4 Å². The van der Waals surface area contributed by atoms with Crippen molar-refractivity contribution in [3.63, 3.8) is 0 Å². The number of aromatic nitrogens is 3. The Morgan fingerprint density at radius 2 is 2.17 bits per heavy atom. The number of nitrogens with zero attached hydrogens (tertiary/aromatic N) is 3. The Labute approximate surface area is 112 Å². The number of ether oxygens (including phenoxy) is 1. The molecule has 1 aromatic rings. The van der Waals surface area contributed by atoms with Crippen molar-refractivity contribution in [3.05, 3.63) is 4.77 Å². The second kappa shape index (κ2) is 4.06. The van der Waals surface area contributed by atoms with Crippen LogP contribution in [0.2, 0.25) is 0 Å². The van der Waals surface area contributed by atoms with Gasteiger partial charge in [-0.05, 0) is 45.8 Å². The summed E-state index contributed by atoms with van der Waals surface area (Å²) in [5, 5.41) is 7.35. The van der Waals surface area contributed by atoms with Crippen molar-refractivity contribution < 1.29 is 4.74 Å². The molecule has 3 rings (SSSR count). The smallest absolute Gasteiger partial charge is 0.226 e. The summed E-state index contributed by atoms with van der Waals surface area (Å²) < 4.78 is 8.84. The van der Waals surface area contributed by atoms with Crippen LogP contribution < -0.4 is 4.90 Å². The molecule has 6 heteroatoms. The van der Waals surface area contributed by atoms with Gasteiger partial charge in [0, 0.05) is 19.1 Å². The summed E-state index contributed by atoms with van der Waals surface area (Å²) in [6.45, 7) is 8.08. The average molecular weight is 268 g/mol. The van der Waals surface area contributed by atoms with Gasteiger partial charge in [0.1, 0.15) is 0 Å². The van der Waals surface area contributed by atoms with E-state index >= 15 is 0 Å². The Morgan fingerprint density at radius 3 is 2.78 bits per heavy atom. The van der Waals surface area contributed by atoms with E-state index in [0.29, 0.717) is 6.04 Å². The molecule has 1 saturated heterocycles. The summed E-state index contributed by atoms with van der Waals surface area (Å²) in [4.78, 5) is 2.29. The van der Waals surface area contributed by atoms with Crippen LogP contribution in [-0.4, -0.2) is 39.6 Å². The van der Waals surface area contributed by atoms with Gasteiger partial charge in [-0.3, -0.25) is 4.57 Å². The van der Waals surface area contributed by atoms with E-state index in [-0.39, 0.29) is 11.7 Å². The van der Waals surface area contributed by atoms with Gasteiger partial charge in [-0.1, -0.05) is 0 Å². The zero-order valence-corrected chi connectivity index (χ0v) is 12.0. The van der Waals surface area contributed by atoms with Crippen molar-refractivity contribution in [3.8, 4) is 0 Å². The summed E-state index contributed by atoms with van der Waals surface area (Å²) in [5.74, 6) is 0.978. The van der Waals surface area contributed by atoms with Gasteiger partial charge in [0.2, 0.25) is 5.95 Å². The summed E-state index contributed by atoms with van der Waals surface area (Å²) >= 11 is 5.33. The minimum absolute atomic E-state index is 0.139. The van der Waals surface area contributed by atoms with Crippen molar-refractivity contribution in [1.29, 1.82) is 0 Å². The van der Waals surface area contributed by atoms with E-state index in [2.05, 4.69) is 40.4 Å². The molecule has 0 bridgehead atoms. The normalized spacial score (nSPS) is 27.5. The van der Waals surface area contributed by atoms with Crippen LogP contribution in [0.25, 0.3) is 0 Å². The van der Waals surface area contributed by atoms with Gasteiger partial charge < -0.3 is 9.64 Å². The third-order valence-electron chi connectivity index (χ3n) is 3.45. The number of aromatic amines is 1. The number of rotatable bonds is 2. The molecule has 18 heavy (non-hydrogen) atoms. The maximum atomic E-state index is 5.93. The van der Waals surface area contributed by atoms with Crippen LogP contribution in [0.4, 0.5) is 5.95 Å². The third kappa shape index (κ3) is 2.19. The standard InChI is InChI=1S/C12H20N4OS/c1-8-6-15(7-12(2,3)17-8)10-13-14-11(18)16(10)9-4-5-9/h8-9H,4-7H2,1-3H3,(H,14,18). The summed E-state index contributed by atoms with van der Waals surface area (Å²) in [7, 11) is 0. The van der Waals surface area contributed by atoms with E-state index in [1.165, 1.54) is 12.8 Å². The van der Waals surface area contributed by atoms with Crippen LogP contribution in [0.15, 0.2) is 0 Å². The van der Waals surface area contributed by atoms with Crippen LogP contribution in [0.5, 0.6) is 0 Å². The maximum absolute atomic E-state index is 5.93. The van der Waals surface area contributed by atoms with Gasteiger partial charge in [-0.2, -0.15) is 0 Å². The minimum atomic E-state index is -0.139. The molecule has 2 fully saturated rings. The fourth-order valence-corrected chi connectivity index (χ4v) is 3.06. The molecule has 2 heterocycles. The van der Waals surface area contributed by atoms with Gasteiger partial charge >= 0.3 is 0 Å². The Morgan fingerprint density at radius 1 is 1.44 bits per heavy atom. The molecule has 1 atom stereocenters. The van der Waals surface area contributed by atoms with Crippen molar-refractivity contribution in [1.82, 2.24) is 14.8 Å². The first-order valence-electron chi connectivity index (χ1n) is 6.56. The van der Waals surface area contributed by atoms with Crippen LogP contribution >= 0.6 is 12.2 Å². The van der Waals surface area contributed by atoms with E-state index in [1.54, 1.807) is 0 Å². The predicted octanol–water partition coefficient (Wildman–Crippen LogP) is 2.28. The highest BCUT2D eigenvalue weighted by molar-refractivity contribution is 7.71. The number of H-pyrrole nitrogens is 1. The lowest BCUT2D eigenvalue weighted by molar-refractivity contribution is -0.0755. The Bertz CT molecular complexity index is 502. The average Bonchev–Trinajstić information content (AvgIpc) is 2.99. The van der Waals surface area contributed by atoms with E-state index in [0.717, 1.165) is 23.8 Å². The van der Waals surface area contributed by atoms with E-state index in [4.69, 9.17) is 17.0 Å². The molecule has 0 radical (unpaired) electrons. The van der Waals surface area contributed by atoms with Crippen LogP contribution in [-0.2, 0) is 4.74 Å². The van der Waals surface area contributed by atoms with Crippen molar-refractivity contribution in [2.75, 3.05) is 18.0 Å². The Kier molecular flexibility index (Phi) is 2.75. The first-order valence-corrected chi connectivity index (χ1v) is 6.97. The second-order valence-electron chi connectivity index (χ2n) is 6.00. The number of morpholine rings is 1. The monoisotopic (exact) mass is 268 g/mol. The zero-order chi connectivity index (χ0) is 12.9. The van der Waals surface area contributed by atoms with E-state index in [9.17, 15) is 0 Å². The highest BCUT2D eigenvalue weighted by Crippen LogP contribution is 2.38. The number of anilines is 1. The quantitative estimate of drug-likeness (QED) is 0.836. The van der Waals surface area contributed by atoms with E-state index in [1.807, 2.05) is 0 Å². The Balaban J connectivity index is 1.92. The van der Waals surface area contributed by atoms with Crippen molar-refractivity contribution in [2.24, 2.45) is 0 Å². The molecule has 1 N–H and O–H groups in total. The molecule has 1 aliphatic carbocycles. The second-order valence-corrected chi connectivity index (χ2v) is 6.39. The summed E-state index contributed by atoms with van der Waals surface area (Å²) in [5.41, 5.74) is -0.139. The maximum Gasteiger partial charge on any atom is 0.226 e. The number of nitrogens with one attached hydrogen (secondary N) is 1. The molecule has 1 saturated carbocycles. The fourth-order valence-electron chi connectivity index (χ4n) is 2.79. The molecule has 1 unspecified atom stereocenters. The van der Waals surface area contributed by atoms with Gasteiger partial charge in [0.05, 0.1) is 11.7 Å². The molecule has 0 amide bonds. The van der Waals surface area contributed by atoms with Crippen LogP contribution in [0.3, 0.4) is 0 Å². The number of hydrogen-bond acceptors (Lipinski definition) is 4. The fraction of sp³-hybridized carbons (Fsp3) is 0.833. The highest BCUT2D eigenvalue weighted by atomic mass is 32.1. The van der Waals surface area contributed by atoms with Crippen molar-refractivity contribution >= 4 is 18.2 Å². The first-order chi connectivity index (χ1) is 8.46. The molecule has 0 spiro atoms. The lowest BCUT2D eigenvalue weighted by atomic mass is 10.1. The third-order valence-corrected chi connectivity index (χ3v) is 3.74. The van der Waals surface area contributed by atoms with Gasteiger partial charge in [-0.25, -0.2) is 5.10 Å². The highest BCUT2D eigenvalue weighted by Gasteiger charge is 2.36. The minimum Gasteiger partial charge on any atom is -0.369 e. The SMILES string of the molecule is CC1CN(c2n[nH]c(=S)n2C2CC2)CC(C)(C)O1. The molecule has 2 aliphatic rings. The molecule has 1 aliphatic heterocycles. The summed E-state index contributed by atoms with van der Waals surface area (Å²) in [6, 6.07) is 0.549. The lowest BCUT2D eigenvalue weighted by Gasteiger charge is -2.42. The predicted molar refractivity (Wildman–Crippen MR) is 72.5 cm³/mol. The van der Waals surface area contributed by atoms with Crippen LogP contribution in [0, 0.1) is 4.77 Å². The molecule has 100 valence electrons. The number of hydrogen-bond donors (Lipinski definition) is 1. The Hall–Kier alpha value is -0.880. The lowest BCUT2D eigenvalue weighted by Crippen LogP contribution is -2.52. The summed E-state index contributed by atoms with van der Waals surface area (Å²) in [6.07, 6.45) is 2.64. The topological polar surface area (TPSA) is 46.1 Å². The van der Waals surface area contributed by atoms with Crippen LogP contribution in [0.1, 0.15) is 39.7 Å².